The standard InChI is InChI=1S/C13H26N2O/c1-10(9-16-2)8-15-12-4-3-5-13(15)7-11(14)6-12/h10-13H,3-9,14H2,1-2H3. The summed E-state index contributed by atoms with van der Waals surface area (Å²) in [5.41, 5.74) is 6.13. The molecule has 94 valence electrons. The summed E-state index contributed by atoms with van der Waals surface area (Å²) >= 11 is 0. The van der Waals surface area contributed by atoms with Crippen LogP contribution in [0.5, 0.6) is 0 Å². The van der Waals surface area contributed by atoms with E-state index in [9.17, 15) is 0 Å². The maximum atomic E-state index is 6.13. The van der Waals surface area contributed by atoms with E-state index in [4.69, 9.17) is 10.5 Å². The van der Waals surface area contributed by atoms with Crippen LogP contribution >= 0.6 is 0 Å². The van der Waals surface area contributed by atoms with Crippen molar-refractivity contribution < 1.29 is 4.74 Å². The predicted molar refractivity (Wildman–Crippen MR) is 66.4 cm³/mol. The SMILES string of the molecule is COCC(C)CN1C2CCCC1CC(N)C2. The summed E-state index contributed by atoms with van der Waals surface area (Å²) in [5, 5.41) is 0. The molecule has 0 saturated carbocycles. The number of hydrogen-bond donors (Lipinski definition) is 1. The van der Waals surface area contributed by atoms with Crippen molar-refractivity contribution in [1.82, 2.24) is 4.90 Å². The Labute approximate surface area is 99.3 Å². The summed E-state index contributed by atoms with van der Waals surface area (Å²) in [6, 6.07) is 1.95. The molecule has 16 heavy (non-hydrogen) atoms. The Morgan fingerprint density at radius 1 is 1.31 bits per heavy atom. The highest BCUT2D eigenvalue weighted by Gasteiger charge is 2.37. The van der Waals surface area contributed by atoms with Gasteiger partial charge in [-0.25, -0.2) is 0 Å². The van der Waals surface area contributed by atoms with Gasteiger partial charge in [-0.15, -0.1) is 0 Å². The van der Waals surface area contributed by atoms with E-state index in [1.807, 2.05) is 0 Å². The molecule has 0 spiro atoms. The van der Waals surface area contributed by atoms with Crippen LogP contribution in [0.15, 0.2) is 0 Å². The molecule has 0 amide bonds. The van der Waals surface area contributed by atoms with Crippen LogP contribution in [-0.4, -0.2) is 43.3 Å². The van der Waals surface area contributed by atoms with Gasteiger partial charge in [-0.1, -0.05) is 13.3 Å². The van der Waals surface area contributed by atoms with Gasteiger partial charge in [0.05, 0.1) is 0 Å². The molecule has 2 bridgehead atoms. The fraction of sp³-hybridized carbons (Fsp3) is 1.00. The van der Waals surface area contributed by atoms with Gasteiger partial charge in [-0.3, -0.25) is 4.90 Å². The molecule has 0 aromatic heterocycles. The lowest BCUT2D eigenvalue weighted by Gasteiger charge is -2.49. The Balaban J connectivity index is 1.92. The molecule has 2 rings (SSSR count). The Morgan fingerprint density at radius 3 is 2.50 bits per heavy atom. The van der Waals surface area contributed by atoms with Gasteiger partial charge in [-0.05, 0) is 31.6 Å². The van der Waals surface area contributed by atoms with E-state index in [-0.39, 0.29) is 0 Å². The third-order valence-electron chi connectivity index (χ3n) is 4.14. The van der Waals surface area contributed by atoms with Crippen molar-refractivity contribution in [2.75, 3.05) is 20.3 Å². The van der Waals surface area contributed by atoms with Crippen LogP contribution in [-0.2, 0) is 4.74 Å². The summed E-state index contributed by atoms with van der Waals surface area (Å²) in [7, 11) is 1.80. The molecule has 2 aliphatic rings. The van der Waals surface area contributed by atoms with Gasteiger partial charge in [-0.2, -0.15) is 0 Å². The maximum Gasteiger partial charge on any atom is 0.0500 e. The Morgan fingerprint density at radius 2 is 1.94 bits per heavy atom. The van der Waals surface area contributed by atoms with Gasteiger partial charge in [0.25, 0.3) is 0 Å². The Hall–Kier alpha value is -0.120. The first-order valence-corrected chi connectivity index (χ1v) is 6.71. The number of nitrogens with two attached hydrogens (primary N) is 1. The van der Waals surface area contributed by atoms with Gasteiger partial charge >= 0.3 is 0 Å². The lowest BCUT2D eigenvalue weighted by Crippen LogP contribution is -2.56. The number of piperidine rings is 2. The number of nitrogens with zero attached hydrogens (tertiary/aromatic N) is 1. The van der Waals surface area contributed by atoms with Crippen molar-refractivity contribution in [2.24, 2.45) is 11.7 Å². The van der Waals surface area contributed by atoms with Crippen LogP contribution in [0.3, 0.4) is 0 Å². The lowest BCUT2D eigenvalue weighted by molar-refractivity contribution is 0.00962. The summed E-state index contributed by atoms with van der Waals surface area (Å²) in [6.07, 6.45) is 6.51. The molecule has 2 N–H and O–H groups in total. The van der Waals surface area contributed by atoms with Crippen LogP contribution in [0, 0.1) is 5.92 Å². The quantitative estimate of drug-likeness (QED) is 0.791. The molecule has 3 heteroatoms. The molecule has 0 aliphatic carbocycles. The Bertz CT molecular complexity index is 208. The first-order valence-electron chi connectivity index (χ1n) is 6.71. The van der Waals surface area contributed by atoms with E-state index >= 15 is 0 Å². The van der Waals surface area contributed by atoms with Crippen molar-refractivity contribution in [3.63, 3.8) is 0 Å². The summed E-state index contributed by atoms with van der Waals surface area (Å²) in [4.78, 5) is 2.72. The van der Waals surface area contributed by atoms with E-state index in [1.54, 1.807) is 7.11 Å². The zero-order chi connectivity index (χ0) is 11.5. The van der Waals surface area contributed by atoms with E-state index in [0.29, 0.717) is 12.0 Å². The first-order chi connectivity index (χ1) is 7.70. The minimum absolute atomic E-state index is 0.448. The maximum absolute atomic E-state index is 6.13. The minimum atomic E-state index is 0.448. The lowest BCUT2D eigenvalue weighted by atomic mass is 9.81. The van der Waals surface area contributed by atoms with E-state index in [2.05, 4.69) is 11.8 Å². The fourth-order valence-electron chi connectivity index (χ4n) is 3.52. The zero-order valence-corrected chi connectivity index (χ0v) is 10.7. The highest BCUT2D eigenvalue weighted by molar-refractivity contribution is 4.94. The number of hydrogen-bond acceptors (Lipinski definition) is 3. The van der Waals surface area contributed by atoms with Crippen molar-refractivity contribution in [1.29, 1.82) is 0 Å². The van der Waals surface area contributed by atoms with Crippen LogP contribution in [0.4, 0.5) is 0 Å². The van der Waals surface area contributed by atoms with Gasteiger partial charge in [0.2, 0.25) is 0 Å². The molecule has 2 saturated heterocycles. The Kier molecular flexibility index (Phi) is 4.22. The second-order valence-electron chi connectivity index (χ2n) is 5.73. The summed E-state index contributed by atoms with van der Waals surface area (Å²) < 4.78 is 5.24. The number of methoxy groups -OCH3 is 1. The average Bonchev–Trinajstić information content (AvgIpc) is 2.19. The monoisotopic (exact) mass is 226 g/mol. The number of rotatable bonds is 4. The predicted octanol–water partition coefficient (Wildman–Crippen LogP) is 1.61. The molecule has 2 fully saturated rings. The normalized spacial score (nSPS) is 37.3. The molecule has 2 heterocycles. The van der Waals surface area contributed by atoms with Crippen molar-refractivity contribution in [3.05, 3.63) is 0 Å². The first kappa shape index (κ1) is 12.3. The van der Waals surface area contributed by atoms with Gasteiger partial charge < -0.3 is 10.5 Å². The smallest absolute Gasteiger partial charge is 0.0500 e. The van der Waals surface area contributed by atoms with E-state index in [1.165, 1.54) is 38.6 Å². The molecule has 0 aromatic rings. The fourth-order valence-corrected chi connectivity index (χ4v) is 3.52. The van der Waals surface area contributed by atoms with Crippen LogP contribution in [0.1, 0.15) is 39.0 Å². The average molecular weight is 226 g/mol. The molecule has 3 atom stereocenters. The molecule has 2 aliphatic heterocycles. The van der Waals surface area contributed by atoms with E-state index < -0.39 is 0 Å². The largest absolute Gasteiger partial charge is 0.384 e. The molecule has 0 aromatic carbocycles. The third kappa shape index (κ3) is 2.76. The third-order valence-corrected chi connectivity index (χ3v) is 4.14. The van der Waals surface area contributed by atoms with Crippen molar-refractivity contribution in [3.8, 4) is 0 Å². The van der Waals surface area contributed by atoms with Crippen LogP contribution in [0.25, 0.3) is 0 Å². The summed E-state index contributed by atoms with van der Waals surface area (Å²) in [6.45, 7) is 4.35. The van der Waals surface area contributed by atoms with E-state index in [0.717, 1.165) is 18.7 Å². The molecule has 0 radical (unpaired) electrons. The van der Waals surface area contributed by atoms with Crippen molar-refractivity contribution in [2.45, 2.75) is 57.2 Å². The van der Waals surface area contributed by atoms with Gasteiger partial charge in [0, 0.05) is 38.4 Å². The van der Waals surface area contributed by atoms with Crippen LogP contribution < -0.4 is 5.73 Å². The van der Waals surface area contributed by atoms with Gasteiger partial charge in [0.1, 0.15) is 0 Å². The van der Waals surface area contributed by atoms with Gasteiger partial charge in [0.15, 0.2) is 0 Å². The zero-order valence-electron chi connectivity index (χ0n) is 10.7. The highest BCUT2D eigenvalue weighted by Crippen LogP contribution is 2.33. The van der Waals surface area contributed by atoms with Crippen molar-refractivity contribution >= 4 is 0 Å². The minimum Gasteiger partial charge on any atom is -0.384 e. The highest BCUT2D eigenvalue weighted by atomic mass is 16.5. The molecule has 3 nitrogen and oxygen atoms in total. The van der Waals surface area contributed by atoms with Crippen LogP contribution in [0.2, 0.25) is 0 Å². The second kappa shape index (κ2) is 5.48. The number of fused-ring (bicyclic) bond motifs is 2. The molecular weight excluding hydrogens is 200 g/mol. The topological polar surface area (TPSA) is 38.5 Å². The molecular formula is C13H26N2O. The summed E-state index contributed by atoms with van der Waals surface area (Å²) in [5.74, 6) is 0.641. The molecule has 3 unspecified atom stereocenters. The number of ether oxygens (including phenoxy) is 1. The second-order valence-corrected chi connectivity index (χ2v) is 5.73.